The zero-order chi connectivity index (χ0) is 20.4. The van der Waals surface area contributed by atoms with Crippen molar-refractivity contribution in [3.63, 3.8) is 0 Å². The number of hydrogen-bond donors (Lipinski definition) is 2. The molecule has 1 aliphatic carbocycles. The Morgan fingerprint density at radius 3 is 2.93 bits per heavy atom. The van der Waals surface area contributed by atoms with Crippen LogP contribution in [0.4, 0.5) is 0 Å². The minimum Gasteiger partial charge on any atom is -0.504 e. The molecule has 152 valence electrons. The number of ether oxygens (including phenoxy) is 1. The van der Waals surface area contributed by atoms with Crippen LogP contribution in [0.25, 0.3) is 5.69 Å². The van der Waals surface area contributed by atoms with Crippen molar-refractivity contribution in [1.29, 1.82) is 0 Å². The smallest absolute Gasteiger partial charge is 0.161 e. The van der Waals surface area contributed by atoms with Gasteiger partial charge in [-0.3, -0.25) is 0 Å². The first-order valence-electron chi connectivity index (χ1n) is 10.4. The Morgan fingerprint density at radius 1 is 1.24 bits per heavy atom. The summed E-state index contributed by atoms with van der Waals surface area (Å²) in [6.07, 6.45) is 5.31. The van der Waals surface area contributed by atoms with Crippen LogP contribution < -0.4 is 10.1 Å². The molecule has 0 unspecified atom stereocenters. The summed E-state index contributed by atoms with van der Waals surface area (Å²) in [7, 11) is 0. The summed E-state index contributed by atoms with van der Waals surface area (Å²) in [6.45, 7) is 7.49. The molecule has 1 atom stereocenters. The van der Waals surface area contributed by atoms with Gasteiger partial charge in [-0.2, -0.15) is 5.10 Å². The Labute approximate surface area is 172 Å². The topological polar surface area (TPSA) is 59.3 Å². The number of phenols is 1. The highest BCUT2D eigenvalue weighted by molar-refractivity contribution is 5.46. The number of aromatic hydroxyl groups is 1. The standard InChI is InChI=1S/C24H29N3O2/c1-4-29-24-13-18(11-12-23(24)28)14-25-20-8-6-10-22-19(20)15-26-27(22)21-9-5-7-16(2)17(21)3/h5,7,9,11-13,15,20,25,28H,4,6,8,10,14H2,1-3H3/t20-/m1/s1. The Hall–Kier alpha value is -2.79. The number of aryl methyl sites for hydroxylation is 1. The molecule has 5 heteroatoms. The van der Waals surface area contributed by atoms with Crippen molar-refractivity contribution in [3.8, 4) is 17.2 Å². The van der Waals surface area contributed by atoms with E-state index in [1.165, 1.54) is 28.1 Å². The first kappa shape index (κ1) is 19.5. The van der Waals surface area contributed by atoms with Gasteiger partial charge in [0.25, 0.3) is 0 Å². The molecule has 5 nitrogen and oxygen atoms in total. The number of rotatable bonds is 6. The van der Waals surface area contributed by atoms with Gasteiger partial charge in [-0.25, -0.2) is 4.68 Å². The van der Waals surface area contributed by atoms with Crippen LogP contribution in [0.2, 0.25) is 0 Å². The lowest BCUT2D eigenvalue weighted by Crippen LogP contribution is -2.25. The van der Waals surface area contributed by atoms with E-state index in [4.69, 9.17) is 9.84 Å². The van der Waals surface area contributed by atoms with E-state index in [-0.39, 0.29) is 11.8 Å². The maximum absolute atomic E-state index is 9.91. The normalized spacial score (nSPS) is 15.9. The molecule has 0 spiro atoms. The van der Waals surface area contributed by atoms with Crippen LogP contribution in [0.1, 0.15) is 53.8 Å². The lowest BCUT2D eigenvalue weighted by Gasteiger charge is -2.25. The second-order valence-electron chi connectivity index (χ2n) is 7.74. The maximum atomic E-state index is 9.91. The molecule has 2 aromatic carbocycles. The van der Waals surface area contributed by atoms with Crippen LogP contribution in [0.15, 0.2) is 42.6 Å². The van der Waals surface area contributed by atoms with Crippen LogP contribution in [0.5, 0.6) is 11.5 Å². The van der Waals surface area contributed by atoms with Gasteiger partial charge in [-0.15, -0.1) is 0 Å². The highest BCUT2D eigenvalue weighted by Gasteiger charge is 2.25. The molecule has 0 radical (unpaired) electrons. The number of aromatic nitrogens is 2. The average Bonchev–Trinajstić information content (AvgIpc) is 3.15. The Morgan fingerprint density at radius 2 is 2.10 bits per heavy atom. The summed E-state index contributed by atoms with van der Waals surface area (Å²) in [6, 6.07) is 12.2. The lowest BCUT2D eigenvalue weighted by atomic mass is 9.92. The molecule has 0 fully saturated rings. The minimum absolute atomic E-state index is 0.186. The van der Waals surface area contributed by atoms with E-state index in [9.17, 15) is 5.11 Å². The zero-order valence-corrected chi connectivity index (χ0v) is 17.4. The molecule has 0 saturated carbocycles. The Balaban J connectivity index is 1.55. The predicted octanol–water partition coefficient (Wildman–Crippen LogP) is 4.76. The Bertz CT molecular complexity index is 1010. The van der Waals surface area contributed by atoms with E-state index >= 15 is 0 Å². The van der Waals surface area contributed by atoms with Gasteiger partial charge in [0, 0.05) is 23.8 Å². The molecule has 0 saturated heterocycles. The van der Waals surface area contributed by atoms with Gasteiger partial charge in [0.15, 0.2) is 11.5 Å². The van der Waals surface area contributed by atoms with Gasteiger partial charge in [0.2, 0.25) is 0 Å². The highest BCUT2D eigenvalue weighted by Crippen LogP contribution is 2.33. The van der Waals surface area contributed by atoms with Gasteiger partial charge in [-0.05, 0) is 74.9 Å². The van der Waals surface area contributed by atoms with Crippen LogP contribution in [0.3, 0.4) is 0 Å². The molecule has 2 N–H and O–H groups in total. The number of hydrogen-bond acceptors (Lipinski definition) is 4. The predicted molar refractivity (Wildman–Crippen MR) is 115 cm³/mol. The van der Waals surface area contributed by atoms with Gasteiger partial charge in [-0.1, -0.05) is 18.2 Å². The summed E-state index contributed by atoms with van der Waals surface area (Å²) in [4.78, 5) is 0. The van der Waals surface area contributed by atoms with Gasteiger partial charge >= 0.3 is 0 Å². The van der Waals surface area contributed by atoms with Crippen molar-refractivity contribution >= 4 is 0 Å². The third-order valence-electron chi connectivity index (χ3n) is 5.86. The second-order valence-corrected chi connectivity index (χ2v) is 7.74. The van der Waals surface area contributed by atoms with Gasteiger partial charge < -0.3 is 15.2 Å². The zero-order valence-electron chi connectivity index (χ0n) is 17.4. The summed E-state index contributed by atoms with van der Waals surface area (Å²) < 4.78 is 7.63. The first-order chi connectivity index (χ1) is 14.1. The summed E-state index contributed by atoms with van der Waals surface area (Å²) in [5.41, 5.74) is 7.44. The monoisotopic (exact) mass is 391 g/mol. The van der Waals surface area contributed by atoms with Crippen molar-refractivity contribution in [2.45, 2.75) is 52.6 Å². The van der Waals surface area contributed by atoms with Crippen LogP contribution in [-0.2, 0) is 13.0 Å². The summed E-state index contributed by atoms with van der Waals surface area (Å²) in [5.74, 6) is 0.726. The highest BCUT2D eigenvalue weighted by atomic mass is 16.5. The fraction of sp³-hybridized carbons (Fsp3) is 0.375. The molecule has 0 bridgehead atoms. The second kappa shape index (κ2) is 8.29. The SMILES string of the molecule is CCOc1cc(CN[C@@H]2CCCc3c2cnn3-c2cccc(C)c2C)ccc1O. The minimum atomic E-state index is 0.186. The number of benzene rings is 2. The van der Waals surface area contributed by atoms with Crippen molar-refractivity contribution in [2.75, 3.05) is 6.61 Å². The Kier molecular flexibility index (Phi) is 5.58. The summed E-state index contributed by atoms with van der Waals surface area (Å²) in [5, 5.41) is 18.3. The van der Waals surface area contributed by atoms with E-state index in [1.807, 2.05) is 25.3 Å². The average molecular weight is 392 g/mol. The number of nitrogens with zero attached hydrogens (tertiary/aromatic N) is 2. The number of fused-ring (bicyclic) bond motifs is 1. The molecule has 4 rings (SSSR count). The van der Waals surface area contributed by atoms with Crippen molar-refractivity contribution in [2.24, 2.45) is 0 Å². The van der Waals surface area contributed by atoms with Crippen molar-refractivity contribution in [3.05, 3.63) is 70.5 Å². The quantitative estimate of drug-likeness (QED) is 0.636. The molecule has 1 heterocycles. The van der Waals surface area contributed by atoms with E-state index in [0.717, 1.165) is 31.4 Å². The third-order valence-corrected chi connectivity index (χ3v) is 5.86. The third kappa shape index (κ3) is 3.87. The maximum Gasteiger partial charge on any atom is 0.161 e. The largest absolute Gasteiger partial charge is 0.504 e. The fourth-order valence-electron chi connectivity index (χ4n) is 4.12. The first-order valence-corrected chi connectivity index (χ1v) is 10.4. The molecule has 0 aliphatic heterocycles. The molecule has 1 aromatic heterocycles. The van der Waals surface area contributed by atoms with E-state index in [1.54, 1.807) is 6.07 Å². The lowest BCUT2D eigenvalue weighted by molar-refractivity contribution is 0.317. The molecule has 1 aliphatic rings. The van der Waals surface area contributed by atoms with Crippen LogP contribution in [0, 0.1) is 13.8 Å². The molecular formula is C24H29N3O2. The summed E-state index contributed by atoms with van der Waals surface area (Å²) >= 11 is 0. The van der Waals surface area contributed by atoms with E-state index in [0.29, 0.717) is 12.4 Å². The van der Waals surface area contributed by atoms with Gasteiger partial charge in [0.05, 0.1) is 18.5 Å². The van der Waals surface area contributed by atoms with E-state index in [2.05, 4.69) is 42.0 Å². The number of nitrogens with one attached hydrogen (secondary N) is 1. The number of phenolic OH excluding ortho intramolecular Hbond substituents is 1. The van der Waals surface area contributed by atoms with Crippen LogP contribution >= 0.6 is 0 Å². The molecule has 29 heavy (non-hydrogen) atoms. The molecular weight excluding hydrogens is 362 g/mol. The molecule has 0 amide bonds. The molecule has 3 aromatic rings. The van der Waals surface area contributed by atoms with Crippen LogP contribution in [-0.4, -0.2) is 21.5 Å². The van der Waals surface area contributed by atoms with Crippen molar-refractivity contribution in [1.82, 2.24) is 15.1 Å². The van der Waals surface area contributed by atoms with Gasteiger partial charge in [0.1, 0.15) is 0 Å². The van der Waals surface area contributed by atoms with Crippen molar-refractivity contribution < 1.29 is 9.84 Å². The van der Waals surface area contributed by atoms with E-state index < -0.39 is 0 Å². The fourth-order valence-corrected chi connectivity index (χ4v) is 4.12.